The molecule has 0 saturated heterocycles. The zero-order valence-electron chi connectivity index (χ0n) is 10.1. The summed E-state index contributed by atoms with van der Waals surface area (Å²) in [6.45, 7) is 0. The molecule has 5 heteroatoms. The number of nitrogen functional groups attached to an aromatic ring is 1. The third-order valence-electron chi connectivity index (χ3n) is 2.51. The predicted octanol–water partition coefficient (Wildman–Crippen LogP) is 1.74. The van der Waals surface area contributed by atoms with Crippen molar-refractivity contribution < 1.29 is 9.90 Å². The number of nitrogens with two attached hydrogens (primary N) is 1. The second-order valence-electron chi connectivity index (χ2n) is 3.85. The number of anilines is 1. The molecule has 0 fully saturated rings. The van der Waals surface area contributed by atoms with Gasteiger partial charge in [0.1, 0.15) is 5.75 Å². The van der Waals surface area contributed by atoms with Crippen LogP contribution in [0.15, 0.2) is 53.6 Å². The molecular weight excluding hydrogens is 242 g/mol. The minimum atomic E-state index is -0.472. The number of hydrogen-bond acceptors (Lipinski definition) is 4. The number of para-hydroxylation sites is 1. The van der Waals surface area contributed by atoms with Crippen molar-refractivity contribution in [1.29, 1.82) is 0 Å². The van der Waals surface area contributed by atoms with Crippen molar-refractivity contribution >= 4 is 17.8 Å². The zero-order valence-corrected chi connectivity index (χ0v) is 10.1. The van der Waals surface area contributed by atoms with Gasteiger partial charge < -0.3 is 10.8 Å². The summed E-state index contributed by atoms with van der Waals surface area (Å²) in [5.74, 6) is -0.597. The topological polar surface area (TPSA) is 87.7 Å². The van der Waals surface area contributed by atoms with Gasteiger partial charge in [-0.3, -0.25) is 4.79 Å². The SMILES string of the molecule is Nc1c(O)cccc1C(=O)N/N=C/c1ccccc1. The average molecular weight is 255 g/mol. The van der Waals surface area contributed by atoms with Gasteiger partial charge in [-0.25, -0.2) is 5.43 Å². The molecule has 2 aromatic carbocycles. The number of rotatable bonds is 3. The monoisotopic (exact) mass is 255 g/mol. The van der Waals surface area contributed by atoms with Crippen LogP contribution >= 0.6 is 0 Å². The van der Waals surface area contributed by atoms with Crippen molar-refractivity contribution in [2.24, 2.45) is 5.10 Å². The highest BCUT2D eigenvalue weighted by molar-refractivity contribution is 6.00. The summed E-state index contributed by atoms with van der Waals surface area (Å²) in [6, 6.07) is 13.8. The van der Waals surface area contributed by atoms with Crippen LogP contribution in [0.3, 0.4) is 0 Å². The average Bonchev–Trinajstić information content (AvgIpc) is 2.43. The van der Waals surface area contributed by atoms with Crippen molar-refractivity contribution in [2.75, 3.05) is 5.73 Å². The predicted molar refractivity (Wildman–Crippen MR) is 74.0 cm³/mol. The van der Waals surface area contributed by atoms with Crippen LogP contribution in [0.5, 0.6) is 5.75 Å². The number of benzene rings is 2. The van der Waals surface area contributed by atoms with Gasteiger partial charge in [0.15, 0.2) is 0 Å². The summed E-state index contributed by atoms with van der Waals surface area (Å²) in [5.41, 5.74) is 9.05. The number of nitrogens with one attached hydrogen (secondary N) is 1. The Labute approximate surface area is 110 Å². The third kappa shape index (κ3) is 3.10. The quantitative estimate of drug-likeness (QED) is 0.338. The molecule has 1 amide bonds. The van der Waals surface area contributed by atoms with Crippen LogP contribution in [0.1, 0.15) is 15.9 Å². The lowest BCUT2D eigenvalue weighted by Gasteiger charge is -2.05. The Kier molecular flexibility index (Phi) is 3.78. The highest BCUT2D eigenvalue weighted by Gasteiger charge is 2.10. The molecule has 96 valence electrons. The molecular formula is C14H13N3O2. The first kappa shape index (κ1) is 12.6. The second kappa shape index (κ2) is 5.68. The van der Waals surface area contributed by atoms with Crippen molar-refractivity contribution in [3.05, 3.63) is 59.7 Å². The number of carbonyl (C=O) groups is 1. The molecule has 0 heterocycles. The van der Waals surface area contributed by atoms with Crippen molar-refractivity contribution in [3.63, 3.8) is 0 Å². The van der Waals surface area contributed by atoms with E-state index in [9.17, 15) is 9.90 Å². The Balaban J connectivity index is 2.06. The molecule has 2 rings (SSSR count). The van der Waals surface area contributed by atoms with Crippen molar-refractivity contribution in [1.82, 2.24) is 5.43 Å². The molecule has 0 spiro atoms. The molecule has 19 heavy (non-hydrogen) atoms. The first-order valence-electron chi connectivity index (χ1n) is 5.64. The molecule has 0 saturated carbocycles. The second-order valence-corrected chi connectivity index (χ2v) is 3.85. The maximum Gasteiger partial charge on any atom is 0.273 e. The van der Waals surface area contributed by atoms with Crippen LogP contribution in [0.25, 0.3) is 0 Å². The van der Waals surface area contributed by atoms with Gasteiger partial charge in [-0.05, 0) is 17.7 Å². The summed E-state index contributed by atoms with van der Waals surface area (Å²) < 4.78 is 0. The van der Waals surface area contributed by atoms with E-state index in [2.05, 4.69) is 10.5 Å². The number of phenols is 1. The number of carbonyl (C=O) groups excluding carboxylic acids is 1. The third-order valence-corrected chi connectivity index (χ3v) is 2.51. The molecule has 2 aromatic rings. The first-order chi connectivity index (χ1) is 9.18. The number of phenolic OH excluding ortho intramolecular Hbond substituents is 1. The molecule has 0 aliphatic carbocycles. The van der Waals surface area contributed by atoms with Crippen LogP contribution in [-0.4, -0.2) is 17.2 Å². The molecule has 0 aliphatic rings. The molecule has 4 N–H and O–H groups in total. The van der Waals surface area contributed by atoms with Gasteiger partial charge in [-0.15, -0.1) is 0 Å². The van der Waals surface area contributed by atoms with E-state index in [0.717, 1.165) is 5.56 Å². The fourth-order valence-electron chi connectivity index (χ4n) is 1.52. The summed E-state index contributed by atoms with van der Waals surface area (Å²) in [6.07, 6.45) is 1.52. The molecule has 0 atom stereocenters. The molecule has 0 aromatic heterocycles. The normalized spacial score (nSPS) is 10.5. The minimum absolute atomic E-state index is 0.0370. The maximum absolute atomic E-state index is 11.8. The van der Waals surface area contributed by atoms with E-state index in [-0.39, 0.29) is 17.0 Å². The zero-order chi connectivity index (χ0) is 13.7. The molecule has 0 aliphatic heterocycles. The first-order valence-corrected chi connectivity index (χ1v) is 5.64. The number of aromatic hydroxyl groups is 1. The summed E-state index contributed by atoms with van der Waals surface area (Å²) in [7, 11) is 0. The van der Waals surface area contributed by atoms with Crippen LogP contribution in [-0.2, 0) is 0 Å². The molecule has 0 bridgehead atoms. The Bertz CT molecular complexity index is 609. The van der Waals surface area contributed by atoms with E-state index in [4.69, 9.17) is 5.73 Å². The Hall–Kier alpha value is -2.82. The lowest BCUT2D eigenvalue weighted by atomic mass is 10.1. The fraction of sp³-hybridized carbons (Fsp3) is 0. The van der Waals surface area contributed by atoms with Crippen LogP contribution in [0.4, 0.5) is 5.69 Å². The fourth-order valence-corrected chi connectivity index (χ4v) is 1.52. The van der Waals surface area contributed by atoms with Gasteiger partial charge in [0, 0.05) is 0 Å². The number of hydrazone groups is 1. The van der Waals surface area contributed by atoms with Gasteiger partial charge in [0.25, 0.3) is 5.91 Å². The maximum atomic E-state index is 11.8. The lowest BCUT2D eigenvalue weighted by molar-refractivity contribution is 0.0955. The summed E-state index contributed by atoms with van der Waals surface area (Å²) >= 11 is 0. The van der Waals surface area contributed by atoms with Crippen LogP contribution in [0, 0.1) is 0 Å². The number of nitrogens with zero attached hydrogens (tertiary/aromatic N) is 1. The molecule has 0 radical (unpaired) electrons. The Morgan fingerprint density at radius 1 is 1.16 bits per heavy atom. The van der Waals surface area contributed by atoms with Gasteiger partial charge in [-0.2, -0.15) is 5.10 Å². The van der Waals surface area contributed by atoms with E-state index in [1.165, 1.54) is 18.3 Å². The summed E-state index contributed by atoms with van der Waals surface area (Å²) in [4.78, 5) is 11.8. The standard InChI is InChI=1S/C14H13N3O2/c15-13-11(7-4-8-12(13)18)14(19)17-16-9-10-5-2-1-3-6-10/h1-9,18H,15H2,(H,17,19)/b16-9+. The molecule has 5 nitrogen and oxygen atoms in total. The van der Waals surface area contributed by atoms with Crippen LogP contribution in [0.2, 0.25) is 0 Å². The highest BCUT2D eigenvalue weighted by Crippen LogP contribution is 2.23. The number of amides is 1. The Morgan fingerprint density at radius 3 is 2.63 bits per heavy atom. The Morgan fingerprint density at radius 2 is 1.89 bits per heavy atom. The van der Waals surface area contributed by atoms with E-state index >= 15 is 0 Å². The van der Waals surface area contributed by atoms with E-state index in [1.54, 1.807) is 6.07 Å². The largest absolute Gasteiger partial charge is 0.506 e. The smallest absolute Gasteiger partial charge is 0.273 e. The van der Waals surface area contributed by atoms with Gasteiger partial charge >= 0.3 is 0 Å². The van der Waals surface area contributed by atoms with E-state index in [0.29, 0.717) is 0 Å². The highest BCUT2D eigenvalue weighted by atomic mass is 16.3. The number of hydrogen-bond donors (Lipinski definition) is 3. The minimum Gasteiger partial charge on any atom is -0.506 e. The summed E-state index contributed by atoms with van der Waals surface area (Å²) in [5, 5.41) is 13.2. The van der Waals surface area contributed by atoms with E-state index in [1.807, 2.05) is 30.3 Å². The van der Waals surface area contributed by atoms with Crippen molar-refractivity contribution in [3.8, 4) is 5.75 Å². The van der Waals surface area contributed by atoms with E-state index < -0.39 is 5.91 Å². The van der Waals surface area contributed by atoms with Gasteiger partial charge in [0.2, 0.25) is 0 Å². The lowest BCUT2D eigenvalue weighted by Crippen LogP contribution is -2.19. The van der Waals surface area contributed by atoms with Gasteiger partial charge in [-0.1, -0.05) is 36.4 Å². The van der Waals surface area contributed by atoms with Crippen LogP contribution < -0.4 is 11.2 Å². The van der Waals surface area contributed by atoms with Gasteiger partial charge in [0.05, 0.1) is 17.5 Å². The molecule has 0 unspecified atom stereocenters. The van der Waals surface area contributed by atoms with Crippen molar-refractivity contribution in [2.45, 2.75) is 0 Å².